The van der Waals surface area contributed by atoms with Gasteiger partial charge in [0.05, 0.1) is 0 Å². The Hall–Kier alpha value is -0.860. The summed E-state index contributed by atoms with van der Waals surface area (Å²) in [6.07, 6.45) is 6.84. The lowest BCUT2D eigenvalue weighted by Crippen LogP contribution is -2.56. The summed E-state index contributed by atoms with van der Waals surface area (Å²) in [6, 6.07) is 11.7. The number of hydrogen-bond acceptors (Lipinski definition) is 2. The molecule has 1 aromatic rings. The number of rotatable bonds is 3. The van der Waals surface area contributed by atoms with Crippen molar-refractivity contribution in [3.05, 3.63) is 35.9 Å². The lowest BCUT2D eigenvalue weighted by atomic mass is 9.73. The summed E-state index contributed by atoms with van der Waals surface area (Å²) < 4.78 is 0. The lowest BCUT2D eigenvalue weighted by molar-refractivity contribution is 0.174. The van der Waals surface area contributed by atoms with E-state index in [0.717, 1.165) is 19.6 Å². The summed E-state index contributed by atoms with van der Waals surface area (Å²) >= 11 is 0. The van der Waals surface area contributed by atoms with Gasteiger partial charge in [0.25, 0.3) is 0 Å². The highest BCUT2D eigenvalue weighted by Crippen LogP contribution is 2.44. The van der Waals surface area contributed by atoms with Gasteiger partial charge in [0.1, 0.15) is 0 Å². The van der Waals surface area contributed by atoms with Crippen LogP contribution in [0.5, 0.6) is 0 Å². The van der Waals surface area contributed by atoms with Crippen molar-refractivity contribution >= 4 is 0 Å². The molecule has 0 bridgehead atoms. The quantitative estimate of drug-likeness (QED) is 0.853. The zero-order valence-corrected chi connectivity index (χ0v) is 11.1. The van der Waals surface area contributed by atoms with E-state index in [9.17, 15) is 0 Å². The monoisotopic (exact) mass is 244 g/mol. The van der Waals surface area contributed by atoms with Crippen LogP contribution in [0.2, 0.25) is 0 Å². The van der Waals surface area contributed by atoms with Crippen molar-refractivity contribution in [2.45, 2.75) is 38.1 Å². The zero-order valence-electron chi connectivity index (χ0n) is 11.1. The SMILES string of the molecule is c1ccc(CC2(C3CNCCN3)CCCC2)cc1. The molecule has 3 rings (SSSR count). The third-order valence-electron chi connectivity index (χ3n) is 4.78. The third kappa shape index (κ3) is 2.45. The second-order valence-corrected chi connectivity index (χ2v) is 5.94. The number of piperazine rings is 1. The molecule has 18 heavy (non-hydrogen) atoms. The average molecular weight is 244 g/mol. The molecule has 1 saturated carbocycles. The van der Waals surface area contributed by atoms with Crippen LogP contribution in [0.1, 0.15) is 31.2 Å². The van der Waals surface area contributed by atoms with Crippen LogP contribution in [0.25, 0.3) is 0 Å². The number of nitrogens with one attached hydrogen (secondary N) is 2. The lowest BCUT2D eigenvalue weighted by Gasteiger charge is -2.41. The van der Waals surface area contributed by atoms with E-state index in [2.05, 4.69) is 41.0 Å². The number of hydrogen-bond donors (Lipinski definition) is 2. The van der Waals surface area contributed by atoms with Crippen LogP contribution in [0.3, 0.4) is 0 Å². The summed E-state index contributed by atoms with van der Waals surface area (Å²) in [6.45, 7) is 3.39. The second kappa shape index (κ2) is 5.41. The fourth-order valence-corrected chi connectivity index (χ4v) is 3.82. The Kier molecular flexibility index (Phi) is 3.67. The third-order valence-corrected chi connectivity index (χ3v) is 4.78. The molecule has 0 radical (unpaired) electrons. The van der Waals surface area contributed by atoms with E-state index in [1.165, 1.54) is 37.7 Å². The molecule has 2 heteroatoms. The van der Waals surface area contributed by atoms with Gasteiger partial charge in [0.2, 0.25) is 0 Å². The van der Waals surface area contributed by atoms with Crippen molar-refractivity contribution < 1.29 is 0 Å². The van der Waals surface area contributed by atoms with Crippen LogP contribution in [-0.4, -0.2) is 25.7 Å². The topological polar surface area (TPSA) is 24.1 Å². The maximum absolute atomic E-state index is 3.76. The highest BCUT2D eigenvalue weighted by Gasteiger charge is 2.41. The van der Waals surface area contributed by atoms with Crippen LogP contribution in [0.15, 0.2) is 30.3 Å². The summed E-state index contributed by atoms with van der Waals surface area (Å²) in [7, 11) is 0. The molecule has 1 atom stereocenters. The molecule has 2 nitrogen and oxygen atoms in total. The van der Waals surface area contributed by atoms with Gasteiger partial charge in [-0.1, -0.05) is 43.2 Å². The van der Waals surface area contributed by atoms with Crippen molar-refractivity contribution in [1.29, 1.82) is 0 Å². The van der Waals surface area contributed by atoms with Gasteiger partial charge in [-0.2, -0.15) is 0 Å². The summed E-state index contributed by atoms with van der Waals surface area (Å²) in [5.41, 5.74) is 2.00. The Bertz CT molecular complexity index is 362. The minimum absolute atomic E-state index is 0.495. The number of benzene rings is 1. The highest BCUT2D eigenvalue weighted by molar-refractivity contribution is 5.18. The molecular formula is C16H24N2. The highest BCUT2D eigenvalue weighted by atomic mass is 15.1. The van der Waals surface area contributed by atoms with Gasteiger partial charge >= 0.3 is 0 Å². The second-order valence-electron chi connectivity index (χ2n) is 5.94. The Balaban J connectivity index is 1.78. The van der Waals surface area contributed by atoms with Crippen molar-refractivity contribution in [2.75, 3.05) is 19.6 Å². The first-order chi connectivity index (χ1) is 8.89. The average Bonchev–Trinajstić information content (AvgIpc) is 2.91. The normalized spacial score (nSPS) is 27.2. The maximum Gasteiger partial charge on any atom is 0.0252 e. The first-order valence-corrected chi connectivity index (χ1v) is 7.37. The summed E-state index contributed by atoms with van der Waals surface area (Å²) in [5, 5.41) is 7.32. The molecular weight excluding hydrogens is 220 g/mol. The largest absolute Gasteiger partial charge is 0.314 e. The van der Waals surface area contributed by atoms with Gasteiger partial charge in [-0.15, -0.1) is 0 Å². The van der Waals surface area contributed by atoms with Gasteiger partial charge in [-0.25, -0.2) is 0 Å². The first kappa shape index (κ1) is 12.2. The van der Waals surface area contributed by atoms with Crippen LogP contribution in [0, 0.1) is 5.41 Å². The Morgan fingerprint density at radius 2 is 1.83 bits per heavy atom. The van der Waals surface area contributed by atoms with Gasteiger partial charge in [-0.05, 0) is 30.2 Å². The fraction of sp³-hybridized carbons (Fsp3) is 0.625. The van der Waals surface area contributed by atoms with Crippen molar-refractivity contribution in [3.8, 4) is 0 Å². The van der Waals surface area contributed by atoms with Gasteiger partial charge in [0.15, 0.2) is 0 Å². The maximum atomic E-state index is 3.76. The van der Waals surface area contributed by atoms with Crippen LogP contribution < -0.4 is 10.6 Å². The molecule has 1 aliphatic heterocycles. The Labute approximate surface area is 110 Å². The Morgan fingerprint density at radius 3 is 2.50 bits per heavy atom. The zero-order chi connectivity index (χ0) is 12.3. The molecule has 1 aromatic carbocycles. The minimum atomic E-state index is 0.495. The standard InChI is InChI=1S/C16H24N2/c1-2-6-14(7-3-1)12-16(8-4-5-9-16)15-13-17-10-11-18-15/h1-3,6-7,15,17-18H,4-5,8-13H2. The molecule has 1 aliphatic carbocycles. The van der Waals surface area contributed by atoms with Crippen LogP contribution in [0.4, 0.5) is 0 Å². The molecule has 1 saturated heterocycles. The van der Waals surface area contributed by atoms with Crippen molar-refractivity contribution in [1.82, 2.24) is 10.6 Å². The molecule has 2 N–H and O–H groups in total. The summed E-state index contributed by atoms with van der Waals surface area (Å²) in [5.74, 6) is 0. The molecule has 2 aliphatic rings. The molecule has 2 fully saturated rings. The van der Waals surface area contributed by atoms with Crippen LogP contribution >= 0.6 is 0 Å². The van der Waals surface area contributed by atoms with E-state index in [0.29, 0.717) is 11.5 Å². The van der Waals surface area contributed by atoms with E-state index in [-0.39, 0.29) is 0 Å². The van der Waals surface area contributed by atoms with E-state index in [1.807, 2.05) is 0 Å². The van der Waals surface area contributed by atoms with E-state index < -0.39 is 0 Å². The smallest absolute Gasteiger partial charge is 0.0252 e. The predicted octanol–water partition coefficient (Wildman–Crippen LogP) is 2.35. The van der Waals surface area contributed by atoms with Gasteiger partial charge < -0.3 is 10.6 Å². The van der Waals surface area contributed by atoms with Crippen molar-refractivity contribution in [2.24, 2.45) is 5.41 Å². The molecule has 0 amide bonds. The molecule has 98 valence electrons. The van der Waals surface area contributed by atoms with E-state index in [4.69, 9.17) is 0 Å². The minimum Gasteiger partial charge on any atom is -0.314 e. The van der Waals surface area contributed by atoms with E-state index >= 15 is 0 Å². The molecule has 0 aromatic heterocycles. The van der Waals surface area contributed by atoms with Crippen molar-refractivity contribution in [3.63, 3.8) is 0 Å². The molecule has 1 heterocycles. The van der Waals surface area contributed by atoms with E-state index in [1.54, 1.807) is 0 Å². The first-order valence-electron chi connectivity index (χ1n) is 7.37. The fourth-order valence-electron chi connectivity index (χ4n) is 3.82. The van der Waals surface area contributed by atoms with Gasteiger partial charge in [-0.3, -0.25) is 0 Å². The predicted molar refractivity (Wildman–Crippen MR) is 75.7 cm³/mol. The van der Waals surface area contributed by atoms with Gasteiger partial charge in [0, 0.05) is 25.7 Å². The molecule has 0 spiro atoms. The summed E-state index contributed by atoms with van der Waals surface area (Å²) in [4.78, 5) is 0. The molecule has 1 unspecified atom stereocenters. The van der Waals surface area contributed by atoms with Crippen LogP contribution in [-0.2, 0) is 6.42 Å². The Morgan fingerprint density at radius 1 is 1.06 bits per heavy atom.